The number of hydrogen-bond acceptors (Lipinski definition) is 5. The summed E-state index contributed by atoms with van der Waals surface area (Å²) in [7, 11) is 0. The van der Waals surface area contributed by atoms with E-state index in [4.69, 9.17) is 4.74 Å². The molecular weight excluding hydrogens is 255 g/mol. The second kappa shape index (κ2) is 4.77. The van der Waals surface area contributed by atoms with Crippen LogP contribution in [0.4, 0.5) is 18.3 Å². The molecule has 0 spiro atoms. The Bertz CT molecular complexity index is 382. The van der Waals surface area contributed by atoms with Crippen LogP contribution in [0.15, 0.2) is 0 Å². The van der Waals surface area contributed by atoms with Gasteiger partial charge in [-0.3, -0.25) is 0 Å². The zero-order valence-electron chi connectivity index (χ0n) is 9.12. The van der Waals surface area contributed by atoms with Crippen LogP contribution in [0.25, 0.3) is 0 Å². The molecule has 4 nitrogen and oxygen atoms in total. The van der Waals surface area contributed by atoms with Gasteiger partial charge in [0.25, 0.3) is 0 Å². The molecule has 0 amide bonds. The lowest BCUT2D eigenvalue weighted by atomic mass is 10.1. The van der Waals surface area contributed by atoms with E-state index in [1.54, 1.807) is 0 Å². The molecule has 1 N–H and O–H groups in total. The molecule has 2 unspecified atom stereocenters. The molecule has 1 aliphatic rings. The average Bonchev–Trinajstić information content (AvgIpc) is 2.65. The molecule has 0 aromatic carbocycles. The summed E-state index contributed by atoms with van der Waals surface area (Å²) in [5.74, 6) is 0. The predicted octanol–water partition coefficient (Wildman–Crippen LogP) is 2.54. The lowest BCUT2D eigenvalue weighted by Gasteiger charge is -2.27. The van der Waals surface area contributed by atoms with Crippen molar-refractivity contribution in [1.29, 1.82) is 0 Å². The van der Waals surface area contributed by atoms with E-state index < -0.39 is 11.2 Å². The molecule has 17 heavy (non-hydrogen) atoms. The Kier molecular flexibility index (Phi) is 3.53. The molecule has 0 bridgehead atoms. The van der Waals surface area contributed by atoms with Crippen molar-refractivity contribution in [2.24, 2.45) is 0 Å². The molecular formula is C9H12F3N3OS. The number of anilines is 1. The summed E-state index contributed by atoms with van der Waals surface area (Å²) in [4.78, 5) is 0. The molecule has 2 rings (SSSR count). The van der Waals surface area contributed by atoms with E-state index in [-0.39, 0.29) is 17.3 Å². The quantitative estimate of drug-likeness (QED) is 0.894. The molecule has 1 aliphatic heterocycles. The fourth-order valence-corrected chi connectivity index (χ4v) is 2.39. The highest BCUT2D eigenvalue weighted by atomic mass is 32.1. The fraction of sp³-hybridized carbons (Fsp3) is 0.778. The van der Waals surface area contributed by atoms with Crippen LogP contribution in [0.5, 0.6) is 0 Å². The number of halogens is 3. The van der Waals surface area contributed by atoms with Gasteiger partial charge in [0.1, 0.15) is 0 Å². The molecule has 0 radical (unpaired) electrons. The Labute approximate surface area is 100 Å². The van der Waals surface area contributed by atoms with E-state index in [0.29, 0.717) is 17.9 Å². The molecule has 1 fully saturated rings. The van der Waals surface area contributed by atoms with E-state index >= 15 is 0 Å². The summed E-state index contributed by atoms with van der Waals surface area (Å²) < 4.78 is 42.3. The van der Waals surface area contributed by atoms with Crippen molar-refractivity contribution < 1.29 is 17.9 Å². The summed E-state index contributed by atoms with van der Waals surface area (Å²) >= 11 is 0.536. The van der Waals surface area contributed by atoms with Crippen LogP contribution in [0.3, 0.4) is 0 Å². The van der Waals surface area contributed by atoms with Gasteiger partial charge in [-0.2, -0.15) is 13.2 Å². The van der Waals surface area contributed by atoms with Crippen molar-refractivity contribution in [1.82, 2.24) is 10.2 Å². The molecule has 8 heteroatoms. The highest BCUT2D eigenvalue weighted by Gasteiger charge is 2.36. The molecule has 96 valence electrons. The molecule has 2 heterocycles. The number of nitrogens with one attached hydrogen (secondary N) is 1. The summed E-state index contributed by atoms with van der Waals surface area (Å²) in [5.41, 5.74) is 0. The van der Waals surface area contributed by atoms with E-state index in [1.807, 2.05) is 6.92 Å². The summed E-state index contributed by atoms with van der Waals surface area (Å²) in [6, 6.07) is 0.104. The third-order valence-corrected chi connectivity index (χ3v) is 3.38. The zero-order chi connectivity index (χ0) is 12.5. The van der Waals surface area contributed by atoms with Crippen LogP contribution in [0, 0.1) is 0 Å². The van der Waals surface area contributed by atoms with Gasteiger partial charge in [-0.15, -0.1) is 10.2 Å². The van der Waals surface area contributed by atoms with E-state index in [2.05, 4.69) is 15.5 Å². The smallest absolute Gasteiger partial charge is 0.378 e. The topological polar surface area (TPSA) is 47.0 Å². The minimum absolute atomic E-state index is 0.104. The Hall–Kier alpha value is -0.890. The van der Waals surface area contributed by atoms with Gasteiger partial charge in [-0.1, -0.05) is 11.3 Å². The van der Waals surface area contributed by atoms with Gasteiger partial charge in [0.15, 0.2) is 0 Å². The second-order valence-electron chi connectivity index (χ2n) is 3.96. The van der Waals surface area contributed by atoms with Crippen molar-refractivity contribution in [3.8, 4) is 0 Å². The number of ether oxygens (including phenoxy) is 1. The third-order valence-electron chi connectivity index (χ3n) is 2.48. The first-order valence-corrected chi connectivity index (χ1v) is 6.05. The van der Waals surface area contributed by atoms with Gasteiger partial charge >= 0.3 is 6.18 Å². The van der Waals surface area contributed by atoms with Crippen molar-refractivity contribution in [3.63, 3.8) is 0 Å². The van der Waals surface area contributed by atoms with E-state index in [1.165, 1.54) is 0 Å². The predicted molar refractivity (Wildman–Crippen MR) is 57.0 cm³/mol. The maximum absolute atomic E-state index is 12.3. The summed E-state index contributed by atoms with van der Waals surface area (Å²) in [6.07, 6.45) is -2.76. The van der Waals surface area contributed by atoms with Crippen LogP contribution < -0.4 is 5.32 Å². The van der Waals surface area contributed by atoms with E-state index in [9.17, 15) is 13.2 Å². The standard InChI is InChI=1S/C9H12F3N3OS/c1-5-4-6(2-3-16-5)13-8-15-14-7(17-8)9(10,11)12/h5-6H,2-4H2,1H3,(H,13,15). The maximum atomic E-state index is 12.3. The number of aromatic nitrogens is 2. The van der Waals surface area contributed by atoms with Gasteiger partial charge in [0, 0.05) is 12.6 Å². The zero-order valence-corrected chi connectivity index (χ0v) is 9.94. The van der Waals surface area contributed by atoms with E-state index in [0.717, 1.165) is 12.8 Å². The molecule has 0 saturated carbocycles. The highest BCUT2D eigenvalue weighted by Crippen LogP contribution is 2.33. The first-order chi connectivity index (χ1) is 7.95. The first kappa shape index (κ1) is 12.6. The van der Waals surface area contributed by atoms with Gasteiger partial charge in [0.05, 0.1) is 6.10 Å². The number of rotatable bonds is 2. The van der Waals surface area contributed by atoms with Crippen LogP contribution in [-0.2, 0) is 10.9 Å². The van der Waals surface area contributed by atoms with Gasteiger partial charge in [0.2, 0.25) is 10.1 Å². The number of alkyl halides is 3. The Morgan fingerprint density at radius 2 is 2.18 bits per heavy atom. The lowest BCUT2D eigenvalue weighted by Crippen LogP contribution is -2.32. The average molecular weight is 267 g/mol. The lowest BCUT2D eigenvalue weighted by molar-refractivity contribution is -0.138. The third kappa shape index (κ3) is 3.29. The SMILES string of the molecule is CC1CC(Nc2nnc(C(F)(F)F)s2)CCO1. The van der Waals surface area contributed by atoms with Gasteiger partial charge in [-0.05, 0) is 19.8 Å². The molecule has 0 aliphatic carbocycles. The van der Waals surface area contributed by atoms with Crippen LogP contribution >= 0.6 is 11.3 Å². The maximum Gasteiger partial charge on any atom is 0.445 e. The highest BCUT2D eigenvalue weighted by molar-refractivity contribution is 7.15. The van der Waals surface area contributed by atoms with Crippen molar-refractivity contribution in [3.05, 3.63) is 5.01 Å². The van der Waals surface area contributed by atoms with Crippen LogP contribution in [-0.4, -0.2) is 29.0 Å². The molecule has 1 saturated heterocycles. The molecule has 1 aromatic heterocycles. The van der Waals surface area contributed by atoms with Gasteiger partial charge in [-0.25, -0.2) is 0 Å². The number of hydrogen-bond donors (Lipinski definition) is 1. The monoisotopic (exact) mass is 267 g/mol. The minimum Gasteiger partial charge on any atom is -0.378 e. The number of nitrogens with zero attached hydrogens (tertiary/aromatic N) is 2. The first-order valence-electron chi connectivity index (χ1n) is 5.24. The van der Waals surface area contributed by atoms with Gasteiger partial charge < -0.3 is 10.1 Å². The molecule has 2 atom stereocenters. The van der Waals surface area contributed by atoms with Crippen LogP contribution in [0.1, 0.15) is 24.8 Å². The van der Waals surface area contributed by atoms with Crippen molar-refractivity contribution in [2.45, 2.75) is 38.1 Å². The van der Waals surface area contributed by atoms with Crippen LogP contribution in [0.2, 0.25) is 0 Å². The Balaban J connectivity index is 1.97. The summed E-state index contributed by atoms with van der Waals surface area (Å²) in [6.45, 7) is 2.55. The van der Waals surface area contributed by atoms with Crippen molar-refractivity contribution >= 4 is 16.5 Å². The minimum atomic E-state index is -4.42. The fourth-order valence-electron chi connectivity index (χ4n) is 1.70. The molecule has 1 aromatic rings. The Morgan fingerprint density at radius 1 is 1.41 bits per heavy atom. The van der Waals surface area contributed by atoms with Crippen molar-refractivity contribution in [2.75, 3.05) is 11.9 Å². The summed E-state index contributed by atoms with van der Waals surface area (Å²) in [5, 5.41) is 8.89. The Morgan fingerprint density at radius 3 is 2.76 bits per heavy atom. The second-order valence-corrected chi connectivity index (χ2v) is 4.93. The normalized spacial score (nSPS) is 25.9. The largest absolute Gasteiger partial charge is 0.445 e.